The summed E-state index contributed by atoms with van der Waals surface area (Å²) in [6.45, 7) is 8.54. The fraction of sp³-hybridized carbons (Fsp3) is 0.533. The number of fused-ring (bicyclic) bond motifs is 1. The van der Waals surface area contributed by atoms with Crippen LogP contribution in [0.2, 0.25) is 0 Å². The second kappa shape index (κ2) is 5.61. The molecule has 104 valence electrons. The van der Waals surface area contributed by atoms with Gasteiger partial charge in [0.1, 0.15) is 5.82 Å². The summed E-state index contributed by atoms with van der Waals surface area (Å²) in [5.74, 6) is 1.05. The van der Waals surface area contributed by atoms with Crippen molar-refractivity contribution in [2.24, 2.45) is 0 Å². The van der Waals surface area contributed by atoms with E-state index in [1.165, 1.54) is 11.9 Å². The third kappa shape index (κ3) is 2.89. The van der Waals surface area contributed by atoms with Crippen molar-refractivity contribution in [2.45, 2.75) is 39.8 Å². The number of anilines is 1. The van der Waals surface area contributed by atoms with E-state index in [0.717, 1.165) is 30.1 Å². The quantitative estimate of drug-likeness (QED) is 0.841. The van der Waals surface area contributed by atoms with E-state index in [2.05, 4.69) is 48.3 Å². The second-order valence-electron chi connectivity index (χ2n) is 5.30. The largest absolute Gasteiger partial charge is 0.399 e. The van der Waals surface area contributed by atoms with Crippen LogP contribution in [0.25, 0.3) is 11.0 Å². The van der Waals surface area contributed by atoms with E-state index in [9.17, 15) is 0 Å². The molecule has 0 bridgehead atoms. The van der Waals surface area contributed by atoms with Gasteiger partial charge in [-0.3, -0.25) is 0 Å². The van der Waals surface area contributed by atoms with Gasteiger partial charge in [-0.2, -0.15) is 0 Å². The molecule has 0 radical (unpaired) electrons. The molecule has 19 heavy (non-hydrogen) atoms. The lowest BCUT2D eigenvalue weighted by Gasteiger charge is -2.23. The van der Waals surface area contributed by atoms with Crippen molar-refractivity contribution in [1.82, 2.24) is 14.5 Å². The minimum absolute atomic E-state index is 0.616. The third-order valence-corrected chi connectivity index (χ3v) is 3.98. The first kappa shape index (κ1) is 13.9. The molecule has 4 nitrogen and oxygen atoms in total. The number of imidazole rings is 1. The molecule has 1 atom stereocenters. The average molecular weight is 260 g/mol. The number of aromatic nitrogens is 2. The Bertz CT molecular complexity index is 559. The number of likely N-dealkylation sites (N-methyl/N-ethyl adjacent to an activating group) is 1. The summed E-state index contributed by atoms with van der Waals surface area (Å²) >= 11 is 0. The van der Waals surface area contributed by atoms with Gasteiger partial charge in [0.15, 0.2) is 0 Å². The summed E-state index contributed by atoms with van der Waals surface area (Å²) in [4.78, 5) is 6.97. The first-order valence-corrected chi connectivity index (χ1v) is 6.95. The molecule has 0 aliphatic heterocycles. The molecular formula is C15H24N4. The van der Waals surface area contributed by atoms with Crippen molar-refractivity contribution in [3.8, 4) is 0 Å². The van der Waals surface area contributed by atoms with Gasteiger partial charge in [-0.1, -0.05) is 6.92 Å². The van der Waals surface area contributed by atoms with Crippen LogP contribution < -0.4 is 5.73 Å². The van der Waals surface area contributed by atoms with Crippen LogP contribution in [0, 0.1) is 6.92 Å². The highest BCUT2D eigenvalue weighted by Crippen LogP contribution is 2.18. The lowest BCUT2D eigenvalue weighted by atomic mass is 10.2. The molecule has 0 fully saturated rings. The van der Waals surface area contributed by atoms with E-state index in [1.54, 1.807) is 0 Å². The first-order valence-electron chi connectivity index (χ1n) is 6.95. The molecule has 0 saturated carbocycles. The van der Waals surface area contributed by atoms with Gasteiger partial charge in [0, 0.05) is 24.8 Å². The highest BCUT2D eigenvalue weighted by molar-refractivity contribution is 5.79. The van der Waals surface area contributed by atoms with Gasteiger partial charge in [-0.15, -0.1) is 0 Å². The molecule has 0 saturated heterocycles. The van der Waals surface area contributed by atoms with Gasteiger partial charge in [-0.25, -0.2) is 4.98 Å². The second-order valence-corrected chi connectivity index (χ2v) is 5.30. The monoisotopic (exact) mass is 260 g/mol. The fourth-order valence-electron chi connectivity index (χ4n) is 2.34. The molecule has 2 aromatic rings. The Hall–Kier alpha value is -1.55. The van der Waals surface area contributed by atoms with Crippen molar-refractivity contribution in [1.29, 1.82) is 0 Å². The number of nitrogens with two attached hydrogens (primary N) is 1. The van der Waals surface area contributed by atoms with Gasteiger partial charge in [0.05, 0.1) is 11.0 Å². The van der Waals surface area contributed by atoms with Crippen LogP contribution >= 0.6 is 0 Å². The third-order valence-electron chi connectivity index (χ3n) is 3.98. The molecule has 1 aromatic carbocycles. The molecule has 1 unspecified atom stereocenters. The highest BCUT2D eigenvalue weighted by atomic mass is 15.2. The minimum Gasteiger partial charge on any atom is -0.399 e. The number of nitrogens with zero attached hydrogens (tertiary/aromatic N) is 3. The Labute approximate surface area is 115 Å². The molecule has 0 aliphatic carbocycles. The molecule has 4 heteroatoms. The topological polar surface area (TPSA) is 47.1 Å². The van der Waals surface area contributed by atoms with Gasteiger partial charge in [0.25, 0.3) is 0 Å². The van der Waals surface area contributed by atoms with E-state index < -0.39 is 0 Å². The summed E-state index contributed by atoms with van der Waals surface area (Å²) in [6.07, 6.45) is 1.18. The fourth-order valence-corrected chi connectivity index (χ4v) is 2.34. The number of nitrogen functional groups attached to an aromatic ring is 1. The lowest BCUT2D eigenvalue weighted by molar-refractivity contribution is 0.243. The maximum Gasteiger partial charge on any atom is 0.106 e. The SMILES string of the molecule is CCC(C)N(C)CCn1c(C)nc2cc(N)ccc21. The summed E-state index contributed by atoms with van der Waals surface area (Å²) in [5, 5.41) is 0. The summed E-state index contributed by atoms with van der Waals surface area (Å²) < 4.78 is 2.27. The number of benzene rings is 1. The van der Waals surface area contributed by atoms with Gasteiger partial charge in [0.2, 0.25) is 0 Å². The van der Waals surface area contributed by atoms with Crippen molar-refractivity contribution in [3.05, 3.63) is 24.0 Å². The van der Waals surface area contributed by atoms with Gasteiger partial charge < -0.3 is 15.2 Å². The zero-order valence-corrected chi connectivity index (χ0v) is 12.3. The zero-order chi connectivity index (χ0) is 14.0. The number of hydrogen-bond acceptors (Lipinski definition) is 3. The van der Waals surface area contributed by atoms with Crippen LogP contribution in [0.5, 0.6) is 0 Å². The zero-order valence-electron chi connectivity index (χ0n) is 12.3. The van der Waals surface area contributed by atoms with E-state index >= 15 is 0 Å². The lowest BCUT2D eigenvalue weighted by Crippen LogP contribution is -2.31. The van der Waals surface area contributed by atoms with Crippen LogP contribution in [0.1, 0.15) is 26.1 Å². The van der Waals surface area contributed by atoms with Crippen molar-refractivity contribution in [2.75, 3.05) is 19.3 Å². The van der Waals surface area contributed by atoms with E-state index in [0.29, 0.717) is 6.04 Å². The summed E-state index contributed by atoms with van der Waals surface area (Å²) in [7, 11) is 2.18. The highest BCUT2D eigenvalue weighted by Gasteiger charge is 2.10. The van der Waals surface area contributed by atoms with Crippen LogP contribution in [0.4, 0.5) is 5.69 Å². The molecule has 2 rings (SSSR count). The predicted molar refractivity (Wildman–Crippen MR) is 81.3 cm³/mol. The summed E-state index contributed by atoms with van der Waals surface area (Å²) in [6, 6.07) is 6.56. The van der Waals surface area contributed by atoms with Crippen molar-refractivity contribution >= 4 is 16.7 Å². The maximum atomic E-state index is 5.81. The Morgan fingerprint density at radius 2 is 2.16 bits per heavy atom. The van der Waals surface area contributed by atoms with Crippen molar-refractivity contribution in [3.63, 3.8) is 0 Å². The van der Waals surface area contributed by atoms with Crippen molar-refractivity contribution < 1.29 is 0 Å². The van der Waals surface area contributed by atoms with Crippen LogP contribution in [-0.4, -0.2) is 34.1 Å². The standard InChI is InChI=1S/C15H24N4/c1-5-11(2)18(4)8-9-19-12(3)17-14-10-13(16)6-7-15(14)19/h6-7,10-11H,5,8-9,16H2,1-4H3. The maximum absolute atomic E-state index is 5.81. The summed E-state index contributed by atoms with van der Waals surface area (Å²) in [5.41, 5.74) is 8.74. The normalized spacial score (nSPS) is 13.3. The minimum atomic E-state index is 0.616. The predicted octanol–water partition coefficient (Wildman–Crippen LogP) is 2.66. The Morgan fingerprint density at radius 3 is 2.84 bits per heavy atom. The average Bonchev–Trinajstić information content (AvgIpc) is 2.69. The number of hydrogen-bond donors (Lipinski definition) is 1. The molecular weight excluding hydrogens is 236 g/mol. The Kier molecular flexibility index (Phi) is 4.10. The smallest absolute Gasteiger partial charge is 0.106 e. The Balaban J connectivity index is 2.19. The first-order chi connectivity index (χ1) is 9.02. The molecule has 1 heterocycles. The van der Waals surface area contributed by atoms with Gasteiger partial charge >= 0.3 is 0 Å². The van der Waals surface area contributed by atoms with Crippen LogP contribution in [-0.2, 0) is 6.54 Å². The molecule has 1 aromatic heterocycles. The Morgan fingerprint density at radius 1 is 1.42 bits per heavy atom. The number of aryl methyl sites for hydroxylation is 1. The van der Waals surface area contributed by atoms with E-state index in [1.807, 2.05) is 12.1 Å². The molecule has 0 amide bonds. The molecule has 0 aliphatic rings. The van der Waals surface area contributed by atoms with Crippen LogP contribution in [0.15, 0.2) is 18.2 Å². The van der Waals surface area contributed by atoms with E-state index in [4.69, 9.17) is 5.73 Å². The number of rotatable bonds is 5. The molecule has 2 N–H and O–H groups in total. The van der Waals surface area contributed by atoms with E-state index in [-0.39, 0.29) is 0 Å². The molecule has 0 spiro atoms. The van der Waals surface area contributed by atoms with Crippen LogP contribution in [0.3, 0.4) is 0 Å². The van der Waals surface area contributed by atoms with Gasteiger partial charge in [-0.05, 0) is 45.5 Å².